The van der Waals surface area contributed by atoms with E-state index >= 15 is 0 Å². The fraction of sp³-hybridized carbons (Fsp3) is 0.946. The van der Waals surface area contributed by atoms with Crippen molar-refractivity contribution in [3.05, 3.63) is 12.4 Å². The third kappa shape index (κ3) is 21.7. The predicted octanol–water partition coefficient (Wildman–Crippen LogP) is 12.8. The molecular formula is C37H74N2. The van der Waals surface area contributed by atoms with Crippen LogP contribution < -0.4 is 0 Å². The van der Waals surface area contributed by atoms with Gasteiger partial charge in [-0.1, -0.05) is 181 Å². The number of nitrogens with zero attached hydrogens (tertiary/aromatic N) is 2. The van der Waals surface area contributed by atoms with E-state index in [0.717, 1.165) is 0 Å². The van der Waals surface area contributed by atoms with Crippen LogP contribution in [0.2, 0.25) is 0 Å². The highest BCUT2D eigenvalue weighted by atomic mass is 15.4. The van der Waals surface area contributed by atoms with Crippen molar-refractivity contribution in [2.75, 3.05) is 13.1 Å². The molecule has 1 aliphatic rings. The van der Waals surface area contributed by atoms with Crippen molar-refractivity contribution in [2.24, 2.45) is 0 Å². The minimum atomic E-state index is 0.639. The Labute approximate surface area is 248 Å². The Balaban J connectivity index is 2.00. The van der Waals surface area contributed by atoms with Crippen LogP contribution in [0.3, 0.4) is 0 Å². The number of unbranched alkanes of at least 4 members (excludes halogenated alkanes) is 25. The van der Waals surface area contributed by atoms with Crippen LogP contribution >= 0.6 is 0 Å². The summed E-state index contributed by atoms with van der Waals surface area (Å²) in [5.74, 6) is 0. The molecule has 1 aliphatic heterocycles. The van der Waals surface area contributed by atoms with Crippen LogP contribution in [-0.2, 0) is 0 Å². The van der Waals surface area contributed by atoms with Gasteiger partial charge in [-0.25, -0.2) is 0 Å². The molecule has 232 valence electrons. The van der Waals surface area contributed by atoms with E-state index in [1.165, 1.54) is 199 Å². The Bertz CT molecular complexity index is 502. The first-order chi connectivity index (χ1) is 19.3. The molecule has 0 N–H and O–H groups in total. The standard InChI is InChI=1S/C37H74N2/c1-4-7-9-11-13-15-17-19-20-22-24-26-28-30-32-37-38(33-6-3)35-36-39(37)34-31-29-27-25-23-21-18-16-14-12-10-8-5-2/h35-37H,4-34H2,1-3H3. The largest absolute Gasteiger partial charge is 0.356 e. The number of hydrogen-bond acceptors (Lipinski definition) is 2. The van der Waals surface area contributed by atoms with E-state index in [1.807, 2.05) is 0 Å². The fourth-order valence-electron chi connectivity index (χ4n) is 6.43. The van der Waals surface area contributed by atoms with Gasteiger partial charge < -0.3 is 9.80 Å². The van der Waals surface area contributed by atoms with Crippen molar-refractivity contribution in [1.82, 2.24) is 9.80 Å². The first-order valence-corrected chi connectivity index (χ1v) is 18.5. The van der Waals surface area contributed by atoms with Crippen LogP contribution in [0.15, 0.2) is 12.4 Å². The Morgan fingerprint density at radius 3 is 1.00 bits per heavy atom. The SMILES string of the molecule is CCCCCCCCCCCCCCCCC1N(CCC)C=CN1CCCCCCCCCCCCCCC. The molecule has 1 rings (SSSR count). The Morgan fingerprint density at radius 2 is 0.641 bits per heavy atom. The van der Waals surface area contributed by atoms with Gasteiger partial charge in [0.25, 0.3) is 0 Å². The Morgan fingerprint density at radius 1 is 0.333 bits per heavy atom. The van der Waals surface area contributed by atoms with Gasteiger partial charge in [-0.2, -0.15) is 0 Å². The van der Waals surface area contributed by atoms with Crippen molar-refractivity contribution < 1.29 is 0 Å². The summed E-state index contributed by atoms with van der Waals surface area (Å²) in [4.78, 5) is 5.31. The van der Waals surface area contributed by atoms with Crippen molar-refractivity contribution in [1.29, 1.82) is 0 Å². The molecule has 2 heteroatoms. The van der Waals surface area contributed by atoms with Crippen LogP contribution in [0.1, 0.15) is 207 Å². The second-order valence-electron chi connectivity index (χ2n) is 12.9. The maximum absolute atomic E-state index is 2.68. The molecule has 0 saturated carbocycles. The normalized spacial score (nSPS) is 15.2. The second kappa shape index (κ2) is 28.9. The summed E-state index contributed by atoms with van der Waals surface area (Å²) >= 11 is 0. The van der Waals surface area contributed by atoms with Gasteiger partial charge in [-0.15, -0.1) is 0 Å². The molecule has 0 aliphatic carbocycles. The molecule has 0 aromatic carbocycles. The van der Waals surface area contributed by atoms with Gasteiger partial charge in [0.05, 0.1) is 0 Å². The van der Waals surface area contributed by atoms with Gasteiger partial charge >= 0.3 is 0 Å². The lowest BCUT2D eigenvalue weighted by atomic mass is 10.0. The predicted molar refractivity (Wildman–Crippen MR) is 177 cm³/mol. The van der Waals surface area contributed by atoms with Gasteiger partial charge in [0.15, 0.2) is 0 Å². The number of hydrogen-bond donors (Lipinski definition) is 0. The third-order valence-electron chi connectivity index (χ3n) is 9.03. The summed E-state index contributed by atoms with van der Waals surface area (Å²) in [6.45, 7) is 9.42. The first kappa shape index (κ1) is 36.4. The van der Waals surface area contributed by atoms with Crippen molar-refractivity contribution in [3.8, 4) is 0 Å². The first-order valence-electron chi connectivity index (χ1n) is 18.5. The molecule has 39 heavy (non-hydrogen) atoms. The zero-order chi connectivity index (χ0) is 28.1. The van der Waals surface area contributed by atoms with Crippen LogP contribution in [0.5, 0.6) is 0 Å². The Kier molecular flexibility index (Phi) is 26.9. The van der Waals surface area contributed by atoms with Gasteiger partial charge in [0, 0.05) is 25.5 Å². The third-order valence-corrected chi connectivity index (χ3v) is 9.03. The summed E-state index contributed by atoms with van der Waals surface area (Å²) < 4.78 is 0. The van der Waals surface area contributed by atoms with Crippen molar-refractivity contribution in [2.45, 2.75) is 213 Å². The molecule has 0 saturated heterocycles. The molecule has 2 nitrogen and oxygen atoms in total. The highest BCUT2D eigenvalue weighted by Gasteiger charge is 2.24. The van der Waals surface area contributed by atoms with Gasteiger partial charge in [-0.3, -0.25) is 0 Å². The molecule has 0 aromatic heterocycles. The van der Waals surface area contributed by atoms with E-state index in [-0.39, 0.29) is 0 Å². The molecule has 1 heterocycles. The maximum atomic E-state index is 2.68. The van der Waals surface area contributed by atoms with Gasteiger partial charge in [0.2, 0.25) is 0 Å². The zero-order valence-electron chi connectivity index (χ0n) is 27.5. The molecule has 1 unspecified atom stereocenters. The molecule has 0 fully saturated rings. The van der Waals surface area contributed by atoms with E-state index in [2.05, 4.69) is 43.0 Å². The second-order valence-corrected chi connectivity index (χ2v) is 12.9. The van der Waals surface area contributed by atoms with Crippen LogP contribution in [0.4, 0.5) is 0 Å². The van der Waals surface area contributed by atoms with Crippen LogP contribution in [-0.4, -0.2) is 29.1 Å². The monoisotopic (exact) mass is 547 g/mol. The minimum Gasteiger partial charge on any atom is -0.356 e. The summed E-state index contributed by atoms with van der Waals surface area (Å²) in [5.41, 5.74) is 0. The topological polar surface area (TPSA) is 6.48 Å². The molecule has 0 bridgehead atoms. The minimum absolute atomic E-state index is 0.639. The van der Waals surface area contributed by atoms with E-state index < -0.39 is 0 Å². The average molecular weight is 547 g/mol. The van der Waals surface area contributed by atoms with Crippen molar-refractivity contribution in [3.63, 3.8) is 0 Å². The molecule has 0 spiro atoms. The summed E-state index contributed by atoms with van der Waals surface area (Å²) in [5, 5.41) is 0. The van der Waals surface area contributed by atoms with Crippen molar-refractivity contribution >= 4 is 0 Å². The molecular weight excluding hydrogens is 472 g/mol. The summed E-state index contributed by atoms with van der Waals surface area (Å²) in [6, 6.07) is 0. The van der Waals surface area contributed by atoms with E-state index in [0.29, 0.717) is 6.17 Å². The number of rotatable bonds is 31. The highest BCUT2D eigenvalue weighted by Crippen LogP contribution is 2.23. The zero-order valence-corrected chi connectivity index (χ0v) is 27.5. The lowest BCUT2D eigenvalue weighted by Gasteiger charge is -2.33. The lowest BCUT2D eigenvalue weighted by molar-refractivity contribution is 0.137. The fourth-order valence-corrected chi connectivity index (χ4v) is 6.43. The van der Waals surface area contributed by atoms with Crippen LogP contribution in [0.25, 0.3) is 0 Å². The Hall–Kier alpha value is -0.660. The lowest BCUT2D eigenvalue weighted by Crippen LogP contribution is -2.39. The van der Waals surface area contributed by atoms with E-state index in [9.17, 15) is 0 Å². The summed E-state index contributed by atoms with van der Waals surface area (Å²) in [7, 11) is 0. The smallest absolute Gasteiger partial charge is 0.101 e. The van der Waals surface area contributed by atoms with E-state index in [1.54, 1.807) is 0 Å². The average Bonchev–Trinajstić information content (AvgIpc) is 3.32. The van der Waals surface area contributed by atoms with Crippen LogP contribution in [0, 0.1) is 0 Å². The molecule has 0 radical (unpaired) electrons. The van der Waals surface area contributed by atoms with E-state index in [4.69, 9.17) is 0 Å². The maximum Gasteiger partial charge on any atom is 0.101 e. The summed E-state index contributed by atoms with van der Waals surface area (Å²) in [6.07, 6.45) is 47.1. The molecule has 0 amide bonds. The molecule has 0 aromatic rings. The molecule has 1 atom stereocenters. The highest BCUT2D eigenvalue weighted by molar-refractivity contribution is 4.96. The van der Waals surface area contributed by atoms with Gasteiger partial charge in [0.1, 0.15) is 6.17 Å². The van der Waals surface area contributed by atoms with Gasteiger partial charge in [-0.05, 0) is 25.7 Å². The quantitative estimate of drug-likeness (QED) is 0.0798.